The molecule has 0 aromatic heterocycles. The van der Waals surface area contributed by atoms with Crippen molar-refractivity contribution in [2.24, 2.45) is 0 Å². The number of carbonyl (C=O) groups excluding carboxylic acids is 1. The molecular weight excluding hydrogens is 324 g/mol. The van der Waals surface area contributed by atoms with E-state index in [0.717, 1.165) is 34.9 Å². The van der Waals surface area contributed by atoms with Crippen molar-refractivity contribution < 1.29 is 9.53 Å². The fourth-order valence-electron chi connectivity index (χ4n) is 2.59. The minimum atomic E-state index is -0.0736. The number of aryl methyl sites for hydroxylation is 1. The zero-order chi connectivity index (χ0) is 18.2. The molecule has 0 aliphatic rings. The van der Waals surface area contributed by atoms with Crippen molar-refractivity contribution in [3.63, 3.8) is 0 Å². The first-order valence-corrected chi connectivity index (χ1v) is 8.69. The number of ether oxygens (including phenoxy) is 1. The number of amides is 1. The van der Waals surface area contributed by atoms with Crippen molar-refractivity contribution in [3.8, 4) is 11.5 Å². The van der Waals surface area contributed by atoms with E-state index >= 15 is 0 Å². The SMILES string of the molecule is CCc1ccccc1NC(=O)CNc1ccc(Oc2ccccc2)cc1. The lowest BCUT2D eigenvalue weighted by Crippen LogP contribution is -2.22. The number of carbonyl (C=O) groups is 1. The third-order valence-corrected chi connectivity index (χ3v) is 3.96. The fraction of sp³-hybridized carbons (Fsp3) is 0.136. The van der Waals surface area contributed by atoms with Crippen LogP contribution in [-0.4, -0.2) is 12.5 Å². The summed E-state index contributed by atoms with van der Waals surface area (Å²) in [4.78, 5) is 12.2. The third kappa shape index (κ3) is 4.86. The first-order valence-electron chi connectivity index (χ1n) is 8.69. The van der Waals surface area contributed by atoms with Crippen molar-refractivity contribution in [2.45, 2.75) is 13.3 Å². The number of benzene rings is 3. The van der Waals surface area contributed by atoms with Gasteiger partial charge in [-0.15, -0.1) is 0 Å². The number of rotatable bonds is 7. The van der Waals surface area contributed by atoms with Crippen LogP contribution in [0.5, 0.6) is 11.5 Å². The summed E-state index contributed by atoms with van der Waals surface area (Å²) in [5.74, 6) is 1.47. The predicted molar refractivity (Wildman–Crippen MR) is 106 cm³/mol. The minimum Gasteiger partial charge on any atom is -0.457 e. The molecule has 3 rings (SSSR count). The summed E-state index contributed by atoms with van der Waals surface area (Å²) in [5, 5.41) is 6.08. The second-order valence-corrected chi connectivity index (χ2v) is 5.85. The maximum Gasteiger partial charge on any atom is 0.243 e. The molecule has 0 heterocycles. The zero-order valence-electron chi connectivity index (χ0n) is 14.7. The Bertz CT molecular complexity index is 846. The Morgan fingerprint density at radius 2 is 1.50 bits per heavy atom. The Kier molecular flexibility index (Phi) is 5.88. The van der Waals surface area contributed by atoms with E-state index in [2.05, 4.69) is 17.6 Å². The van der Waals surface area contributed by atoms with Crippen LogP contribution in [-0.2, 0) is 11.2 Å². The molecule has 0 saturated heterocycles. The molecule has 0 radical (unpaired) electrons. The molecule has 4 heteroatoms. The number of para-hydroxylation sites is 2. The van der Waals surface area contributed by atoms with Gasteiger partial charge in [0, 0.05) is 11.4 Å². The van der Waals surface area contributed by atoms with Gasteiger partial charge >= 0.3 is 0 Å². The lowest BCUT2D eigenvalue weighted by molar-refractivity contribution is -0.114. The Morgan fingerprint density at radius 3 is 2.23 bits per heavy atom. The van der Waals surface area contributed by atoms with Crippen LogP contribution < -0.4 is 15.4 Å². The van der Waals surface area contributed by atoms with Gasteiger partial charge in [0.1, 0.15) is 11.5 Å². The standard InChI is InChI=1S/C22H22N2O2/c1-2-17-8-6-7-11-21(17)24-22(25)16-23-18-12-14-20(15-13-18)26-19-9-4-3-5-10-19/h3-15,23H,2,16H2,1H3,(H,24,25). The molecular formula is C22H22N2O2. The van der Waals surface area contributed by atoms with Gasteiger partial charge in [0.2, 0.25) is 5.91 Å². The summed E-state index contributed by atoms with van der Waals surface area (Å²) < 4.78 is 5.76. The second kappa shape index (κ2) is 8.72. The maximum atomic E-state index is 12.2. The van der Waals surface area contributed by atoms with Crippen LogP contribution in [0.3, 0.4) is 0 Å². The molecule has 0 unspecified atom stereocenters. The van der Waals surface area contributed by atoms with Crippen LogP contribution in [0.25, 0.3) is 0 Å². The minimum absolute atomic E-state index is 0.0736. The summed E-state index contributed by atoms with van der Waals surface area (Å²) in [7, 11) is 0. The molecule has 2 N–H and O–H groups in total. The normalized spacial score (nSPS) is 10.2. The number of nitrogens with one attached hydrogen (secondary N) is 2. The van der Waals surface area contributed by atoms with E-state index in [1.54, 1.807) is 0 Å². The molecule has 0 spiro atoms. The number of anilines is 2. The Labute approximate surface area is 153 Å². The van der Waals surface area contributed by atoms with E-state index in [1.807, 2.05) is 78.9 Å². The summed E-state index contributed by atoms with van der Waals surface area (Å²) in [5.41, 5.74) is 2.86. The lowest BCUT2D eigenvalue weighted by atomic mass is 10.1. The summed E-state index contributed by atoms with van der Waals surface area (Å²) >= 11 is 0. The van der Waals surface area contributed by atoms with Gasteiger partial charge in [-0.2, -0.15) is 0 Å². The first kappa shape index (κ1) is 17.5. The predicted octanol–water partition coefficient (Wildman–Crippen LogP) is 5.09. The van der Waals surface area contributed by atoms with Crippen LogP contribution in [0.2, 0.25) is 0 Å². The topological polar surface area (TPSA) is 50.4 Å². The highest BCUT2D eigenvalue weighted by atomic mass is 16.5. The number of hydrogen-bond donors (Lipinski definition) is 2. The molecule has 3 aromatic carbocycles. The first-order chi connectivity index (χ1) is 12.7. The van der Waals surface area contributed by atoms with Gasteiger partial charge in [0.15, 0.2) is 0 Å². The van der Waals surface area contributed by atoms with Gasteiger partial charge in [-0.3, -0.25) is 4.79 Å². The zero-order valence-corrected chi connectivity index (χ0v) is 14.7. The van der Waals surface area contributed by atoms with Crippen molar-refractivity contribution in [1.29, 1.82) is 0 Å². The lowest BCUT2D eigenvalue weighted by Gasteiger charge is -2.11. The number of hydrogen-bond acceptors (Lipinski definition) is 3. The molecule has 0 aliphatic carbocycles. The Morgan fingerprint density at radius 1 is 0.846 bits per heavy atom. The molecule has 132 valence electrons. The van der Waals surface area contributed by atoms with Crippen molar-refractivity contribution in [3.05, 3.63) is 84.4 Å². The fourth-order valence-corrected chi connectivity index (χ4v) is 2.59. The van der Waals surface area contributed by atoms with Crippen molar-refractivity contribution in [1.82, 2.24) is 0 Å². The molecule has 0 saturated carbocycles. The van der Waals surface area contributed by atoms with E-state index in [4.69, 9.17) is 4.74 Å². The second-order valence-electron chi connectivity index (χ2n) is 5.85. The molecule has 0 aliphatic heterocycles. The molecule has 0 atom stereocenters. The highest BCUT2D eigenvalue weighted by Crippen LogP contribution is 2.22. The molecule has 0 fully saturated rings. The summed E-state index contributed by atoms with van der Waals surface area (Å²) in [6.45, 7) is 2.28. The van der Waals surface area contributed by atoms with Gasteiger partial charge in [0.05, 0.1) is 6.54 Å². The van der Waals surface area contributed by atoms with Gasteiger partial charge in [0.25, 0.3) is 0 Å². The van der Waals surface area contributed by atoms with E-state index in [-0.39, 0.29) is 12.5 Å². The highest BCUT2D eigenvalue weighted by molar-refractivity contribution is 5.94. The Hall–Kier alpha value is -3.27. The Balaban J connectivity index is 1.52. The third-order valence-electron chi connectivity index (χ3n) is 3.96. The largest absolute Gasteiger partial charge is 0.457 e. The van der Waals surface area contributed by atoms with Crippen molar-refractivity contribution in [2.75, 3.05) is 17.2 Å². The van der Waals surface area contributed by atoms with E-state index in [9.17, 15) is 4.79 Å². The summed E-state index contributed by atoms with van der Waals surface area (Å²) in [6, 6.07) is 25.0. The van der Waals surface area contributed by atoms with E-state index < -0.39 is 0 Å². The highest BCUT2D eigenvalue weighted by Gasteiger charge is 2.05. The van der Waals surface area contributed by atoms with Crippen molar-refractivity contribution >= 4 is 17.3 Å². The van der Waals surface area contributed by atoms with Crippen LogP contribution in [0, 0.1) is 0 Å². The summed E-state index contributed by atoms with van der Waals surface area (Å²) in [6.07, 6.45) is 0.882. The van der Waals surface area contributed by atoms with Gasteiger partial charge in [-0.05, 0) is 54.4 Å². The van der Waals surface area contributed by atoms with Crippen LogP contribution >= 0.6 is 0 Å². The van der Waals surface area contributed by atoms with Crippen LogP contribution in [0.1, 0.15) is 12.5 Å². The average molecular weight is 346 g/mol. The smallest absolute Gasteiger partial charge is 0.243 e. The van der Waals surface area contributed by atoms with Gasteiger partial charge in [-0.1, -0.05) is 43.3 Å². The maximum absolute atomic E-state index is 12.2. The van der Waals surface area contributed by atoms with Gasteiger partial charge in [-0.25, -0.2) is 0 Å². The molecule has 3 aromatic rings. The average Bonchev–Trinajstić information content (AvgIpc) is 2.69. The van der Waals surface area contributed by atoms with Gasteiger partial charge < -0.3 is 15.4 Å². The molecule has 4 nitrogen and oxygen atoms in total. The van der Waals surface area contributed by atoms with E-state index in [0.29, 0.717) is 0 Å². The quantitative estimate of drug-likeness (QED) is 0.626. The van der Waals surface area contributed by atoms with Crippen LogP contribution in [0.15, 0.2) is 78.9 Å². The molecule has 26 heavy (non-hydrogen) atoms. The van der Waals surface area contributed by atoms with E-state index in [1.165, 1.54) is 0 Å². The van der Waals surface area contributed by atoms with Crippen LogP contribution in [0.4, 0.5) is 11.4 Å². The molecule has 1 amide bonds. The monoisotopic (exact) mass is 346 g/mol. The molecule has 0 bridgehead atoms.